The highest BCUT2D eigenvalue weighted by atomic mass is 35.5. The van der Waals surface area contributed by atoms with E-state index in [1.165, 1.54) is 0 Å². The van der Waals surface area contributed by atoms with E-state index in [9.17, 15) is 9.90 Å². The summed E-state index contributed by atoms with van der Waals surface area (Å²) in [4.78, 5) is 12.7. The molecule has 5 heteroatoms. The van der Waals surface area contributed by atoms with Crippen molar-refractivity contribution in [1.29, 1.82) is 0 Å². The van der Waals surface area contributed by atoms with E-state index in [1.54, 1.807) is 18.7 Å². The van der Waals surface area contributed by atoms with Gasteiger partial charge >= 0.3 is 0 Å². The summed E-state index contributed by atoms with van der Waals surface area (Å²) in [6, 6.07) is 7.60. The third-order valence-electron chi connectivity index (χ3n) is 2.53. The number of nitrogens with one attached hydrogen (secondary N) is 1. The second-order valence-corrected chi connectivity index (χ2v) is 6.13. The van der Waals surface area contributed by atoms with E-state index in [-0.39, 0.29) is 11.9 Å². The molecule has 1 rings (SSSR count). The van der Waals surface area contributed by atoms with Crippen molar-refractivity contribution in [2.24, 2.45) is 0 Å². The van der Waals surface area contributed by atoms with Gasteiger partial charge in [0.1, 0.15) is 0 Å². The molecule has 0 aliphatic carbocycles. The van der Waals surface area contributed by atoms with E-state index in [4.69, 9.17) is 11.6 Å². The second-order valence-electron chi connectivity index (χ2n) is 4.58. The van der Waals surface area contributed by atoms with Gasteiger partial charge in [-0.1, -0.05) is 23.7 Å². The van der Waals surface area contributed by atoms with Gasteiger partial charge in [0.2, 0.25) is 5.91 Å². The van der Waals surface area contributed by atoms with E-state index in [0.29, 0.717) is 18.6 Å². The largest absolute Gasteiger partial charge is 0.393 e. The molecule has 0 saturated heterocycles. The highest BCUT2D eigenvalue weighted by Crippen LogP contribution is 2.26. The van der Waals surface area contributed by atoms with Crippen LogP contribution in [0.2, 0.25) is 5.02 Å². The fourth-order valence-corrected chi connectivity index (χ4v) is 2.92. The van der Waals surface area contributed by atoms with Crippen LogP contribution >= 0.6 is 23.4 Å². The molecule has 0 aromatic heterocycles. The van der Waals surface area contributed by atoms with Crippen LogP contribution in [0.25, 0.3) is 0 Å². The highest BCUT2D eigenvalue weighted by molar-refractivity contribution is 7.99. The molecule has 1 amide bonds. The van der Waals surface area contributed by atoms with Crippen molar-refractivity contribution >= 4 is 29.3 Å². The topological polar surface area (TPSA) is 49.3 Å². The molecule has 0 heterocycles. The van der Waals surface area contributed by atoms with Gasteiger partial charge in [0.15, 0.2) is 0 Å². The highest BCUT2D eigenvalue weighted by Gasteiger charge is 2.10. The third-order valence-corrected chi connectivity index (χ3v) is 4.04. The normalized spacial score (nSPS) is 13.9. The summed E-state index contributed by atoms with van der Waals surface area (Å²) in [6.45, 7) is 3.61. The van der Waals surface area contributed by atoms with Crippen molar-refractivity contribution in [3.8, 4) is 0 Å². The summed E-state index contributed by atoms with van der Waals surface area (Å²) in [5.41, 5.74) is 0. The number of benzene rings is 1. The van der Waals surface area contributed by atoms with Gasteiger partial charge in [0.25, 0.3) is 0 Å². The number of aliphatic hydroxyl groups excluding tert-OH is 1. The molecule has 2 N–H and O–H groups in total. The van der Waals surface area contributed by atoms with Gasteiger partial charge in [-0.25, -0.2) is 0 Å². The standard InChI is InChI=1S/C14H20ClNO2S/c1-10(9-11(2)17)16-14(18)7-8-19-13-6-4-3-5-12(13)15/h3-6,10-11,17H,7-9H2,1-2H3,(H,16,18). The van der Waals surface area contributed by atoms with Crippen LogP contribution in [0.1, 0.15) is 26.7 Å². The minimum Gasteiger partial charge on any atom is -0.393 e. The lowest BCUT2D eigenvalue weighted by atomic mass is 10.1. The van der Waals surface area contributed by atoms with E-state index in [0.717, 1.165) is 9.92 Å². The zero-order chi connectivity index (χ0) is 14.3. The van der Waals surface area contributed by atoms with Gasteiger partial charge in [-0.15, -0.1) is 11.8 Å². The summed E-state index contributed by atoms with van der Waals surface area (Å²) in [5, 5.41) is 12.8. The first-order chi connectivity index (χ1) is 8.99. The Morgan fingerprint density at radius 2 is 2.11 bits per heavy atom. The van der Waals surface area contributed by atoms with E-state index in [2.05, 4.69) is 5.32 Å². The van der Waals surface area contributed by atoms with Gasteiger partial charge in [-0.2, -0.15) is 0 Å². The average Bonchev–Trinajstić information content (AvgIpc) is 2.30. The molecule has 0 saturated carbocycles. The molecule has 0 aliphatic rings. The first-order valence-corrected chi connectivity index (χ1v) is 7.70. The lowest BCUT2D eigenvalue weighted by molar-refractivity contribution is -0.121. The third kappa shape index (κ3) is 6.85. The summed E-state index contributed by atoms with van der Waals surface area (Å²) >= 11 is 7.61. The molecular formula is C14H20ClNO2S. The SMILES string of the molecule is CC(O)CC(C)NC(=O)CCSc1ccccc1Cl. The summed E-state index contributed by atoms with van der Waals surface area (Å²) in [5.74, 6) is 0.699. The number of rotatable bonds is 7. The fourth-order valence-electron chi connectivity index (χ4n) is 1.73. The average molecular weight is 302 g/mol. The van der Waals surface area contributed by atoms with Crippen LogP contribution in [0.4, 0.5) is 0 Å². The smallest absolute Gasteiger partial charge is 0.221 e. The quantitative estimate of drug-likeness (QED) is 0.761. The molecular weight excluding hydrogens is 282 g/mol. The predicted octanol–water partition coefficient (Wildman–Crippen LogP) is 3.10. The second kappa shape index (κ2) is 8.46. The molecule has 0 bridgehead atoms. The van der Waals surface area contributed by atoms with Gasteiger partial charge in [0, 0.05) is 23.1 Å². The minimum atomic E-state index is -0.396. The van der Waals surface area contributed by atoms with E-state index >= 15 is 0 Å². The molecule has 0 aliphatic heterocycles. The molecule has 0 spiro atoms. The van der Waals surface area contributed by atoms with Crippen LogP contribution in [0.3, 0.4) is 0 Å². The molecule has 2 unspecified atom stereocenters. The van der Waals surface area contributed by atoms with Crippen molar-refractivity contribution < 1.29 is 9.90 Å². The van der Waals surface area contributed by atoms with Crippen LogP contribution in [-0.2, 0) is 4.79 Å². The number of aliphatic hydroxyl groups is 1. The van der Waals surface area contributed by atoms with Crippen LogP contribution < -0.4 is 5.32 Å². The first-order valence-electron chi connectivity index (χ1n) is 6.33. The number of carbonyl (C=O) groups excluding carboxylic acids is 1. The number of halogens is 1. The first kappa shape index (κ1) is 16.3. The zero-order valence-corrected chi connectivity index (χ0v) is 12.8. The van der Waals surface area contributed by atoms with Crippen LogP contribution in [0, 0.1) is 0 Å². The molecule has 1 aromatic rings. The summed E-state index contributed by atoms with van der Waals surface area (Å²) < 4.78 is 0. The fraction of sp³-hybridized carbons (Fsp3) is 0.500. The lowest BCUT2D eigenvalue weighted by Crippen LogP contribution is -2.34. The zero-order valence-electron chi connectivity index (χ0n) is 11.2. The Labute approximate surface area is 123 Å². The summed E-state index contributed by atoms with van der Waals surface area (Å²) in [7, 11) is 0. The van der Waals surface area contributed by atoms with Crippen LogP contribution in [0.5, 0.6) is 0 Å². The van der Waals surface area contributed by atoms with E-state index < -0.39 is 6.10 Å². The van der Waals surface area contributed by atoms with Crippen molar-refractivity contribution in [1.82, 2.24) is 5.32 Å². The van der Waals surface area contributed by atoms with E-state index in [1.807, 2.05) is 31.2 Å². The van der Waals surface area contributed by atoms with Crippen molar-refractivity contribution in [3.05, 3.63) is 29.3 Å². The maximum atomic E-state index is 11.7. The Morgan fingerprint density at radius 1 is 1.42 bits per heavy atom. The van der Waals surface area contributed by atoms with Crippen LogP contribution in [-0.4, -0.2) is 28.9 Å². The molecule has 106 valence electrons. The van der Waals surface area contributed by atoms with Gasteiger partial charge < -0.3 is 10.4 Å². The molecule has 0 fully saturated rings. The van der Waals surface area contributed by atoms with Crippen molar-refractivity contribution in [2.45, 2.75) is 43.7 Å². The number of hydrogen-bond acceptors (Lipinski definition) is 3. The van der Waals surface area contributed by atoms with Gasteiger partial charge in [-0.3, -0.25) is 4.79 Å². The Hall–Kier alpha value is -0.710. The van der Waals surface area contributed by atoms with Crippen LogP contribution in [0.15, 0.2) is 29.2 Å². The maximum absolute atomic E-state index is 11.7. The maximum Gasteiger partial charge on any atom is 0.221 e. The Morgan fingerprint density at radius 3 is 2.74 bits per heavy atom. The van der Waals surface area contributed by atoms with Gasteiger partial charge in [0.05, 0.1) is 11.1 Å². The number of hydrogen-bond donors (Lipinski definition) is 2. The predicted molar refractivity (Wildman–Crippen MR) is 80.7 cm³/mol. The Kier molecular flexibility index (Phi) is 7.28. The molecule has 2 atom stereocenters. The number of amides is 1. The number of thioether (sulfide) groups is 1. The number of carbonyl (C=O) groups is 1. The van der Waals surface area contributed by atoms with Crippen molar-refractivity contribution in [3.63, 3.8) is 0 Å². The van der Waals surface area contributed by atoms with Gasteiger partial charge in [-0.05, 0) is 32.4 Å². The molecule has 1 aromatic carbocycles. The monoisotopic (exact) mass is 301 g/mol. The lowest BCUT2D eigenvalue weighted by Gasteiger charge is -2.15. The summed E-state index contributed by atoms with van der Waals surface area (Å²) in [6.07, 6.45) is 0.622. The Balaban J connectivity index is 2.26. The van der Waals surface area contributed by atoms with Crippen molar-refractivity contribution in [2.75, 3.05) is 5.75 Å². The Bertz CT molecular complexity index is 412. The molecule has 19 heavy (non-hydrogen) atoms. The molecule has 3 nitrogen and oxygen atoms in total. The molecule has 0 radical (unpaired) electrons. The minimum absolute atomic E-state index is 0.00202.